The van der Waals surface area contributed by atoms with E-state index in [0.717, 1.165) is 18.5 Å². The van der Waals surface area contributed by atoms with Crippen LogP contribution in [0.2, 0.25) is 0 Å². The molecule has 1 amide bonds. The van der Waals surface area contributed by atoms with Crippen LogP contribution >= 0.6 is 0 Å². The Morgan fingerprint density at radius 3 is 2.14 bits per heavy atom. The predicted molar refractivity (Wildman–Crippen MR) is 105 cm³/mol. The molecular formula is C21H26N4O4. The highest BCUT2D eigenvalue weighted by atomic mass is 16.6. The molecule has 0 saturated carbocycles. The van der Waals surface area contributed by atoms with E-state index in [1.165, 1.54) is 0 Å². The van der Waals surface area contributed by atoms with E-state index in [4.69, 9.17) is 9.47 Å². The van der Waals surface area contributed by atoms with Gasteiger partial charge >= 0.3 is 12.1 Å². The molecule has 154 valence electrons. The molecule has 3 heterocycles. The third kappa shape index (κ3) is 4.26. The maximum Gasteiger partial charge on any atom is 0.410 e. The summed E-state index contributed by atoms with van der Waals surface area (Å²) in [5.41, 5.74) is 0.859. The minimum atomic E-state index is -0.515. The number of aromatic nitrogens is 3. The molecular weight excluding hydrogens is 372 g/mol. The first kappa shape index (κ1) is 19.4. The van der Waals surface area contributed by atoms with Crippen LogP contribution in [-0.4, -0.2) is 55.5 Å². The number of nitrogens with zero attached hydrogens (tertiary/aromatic N) is 4. The van der Waals surface area contributed by atoms with Crippen LogP contribution in [0.1, 0.15) is 56.8 Å². The molecule has 4 rings (SSSR count). The molecule has 8 nitrogen and oxygen atoms in total. The van der Waals surface area contributed by atoms with Crippen LogP contribution in [0, 0.1) is 0 Å². The van der Waals surface area contributed by atoms with Crippen molar-refractivity contribution in [2.75, 3.05) is 0 Å². The van der Waals surface area contributed by atoms with Gasteiger partial charge in [0.1, 0.15) is 24.4 Å². The van der Waals surface area contributed by atoms with E-state index in [1.54, 1.807) is 29.4 Å². The number of hydrogen-bond donors (Lipinski definition) is 0. The van der Waals surface area contributed by atoms with Gasteiger partial charge in [0, 0.05) is 30.6 Å². The van der Waals surface area contributed by atoms with Gasteiger partial charge in [-0.25, -0.2) is 9.59 Å². The molecule has 1 aromatic heterocycles. The van der Waals surface area contributed by atoms with Crippen LogP contribution in [0.15, 0.2) is 36.9 Å². The van der Waals surface area contributed by atoms with Gasteiger partial charge in [0.2, 0.25) is 0 Å². The van der Waals surface area contributed by atoms with E-state index < -0.39 is 5.60 Å². The van der Waals surface area contributed by atoms with Crippen molar-refractivity contribution in [2.24, 2.45) is 0 Å². The summed E-state index contributed by atoms with van der Waals surface area (Å²) in [6, 6.07) is 7.27. The maximum atomic E-state index is 12.6. The number of benzene rings is 1. The van der Waals surface area contributed by atoms with Gasteiger partial charge in [0.25, 0.3) is 0 Å². The highest BCUT2D eigenvalue weighted by Gasteiger charge is 2.46. The first-order valence-electron chi connectivity index (χ1n) is 9.97. The monoisotopic (exact) mass is 398 g/mol. The Labute approximate surface area is 169 Å². The summed E-state index contributed by atoms with van der Waals surface area (Å²) in [6.45, 7) is 5.61. The van der Waals surface area contributed by atoms with Crippen molar-refractivity contribution in [2.45, 2.75) is 70.2 Å². The van der Waals surface area contributed by atoms with Gasteiger partial charge in [0.05, 0.1) is 5.56 Å². The zero-order chi connectivity index (χ0) is 20.6. The van der Waals surface area contributed by atoms with Crippen molar-refractivity contribution >= 4 is 12.1 Å². The number of carbonyl (C=O) groups excluding carboxylic acids is 2. The van der Waals surface area contributed by atoms with Crippen molar-refractivity contribution in [1.82, 2.24) is 19.7 Å². The molecule has 0 aliphatic carbocycles. The highest BCUT2D eigenvalue weighted by molar-refractivity contribution is 5.89. The molecule has 0 spiro atoms. The summed E-state index contributed by atoms with van der Waals surface area (Å²) in [6.07, 6.45) is 5.90. The average molecular weight is 398 g/mol. The summed E-state index contributed by atoms with van der Waals surface area (Å²) in [5.74, 6) is -0.338. The molecule has 2 aliphatic heterocycles. The fourth-order valence-corrected chi connectivity index (χ4v) is 4.16. The summed E-state index contributed by atoms with van der Waals surface area (Å²) in [4.78, 5) is 27.0. The highest BCUT2D eigenvalue weighted by Crippen LogP contribution is 2.38. The zero-order valence-electron chi connectivity index (χ0n) is 16.9. The zero-order valence-corrected chi connectivity index (χ0v) is 16.9. The second kappa shape index (κ2) is 7.50. The Morgan fingerprint density at radius 1 is 1.00 bits per heavy atom. The number of rotatable bonds is 3. The summed E-state index contributed by atoms with van der Waals surface area (Å²) in [5, 5.41) is 7.55. The van der Waals surface area contributed by atoms with Crippen molar-refractivity contribution in [1.29, 1.82) is 0 Å². The number of carbonyl (C=O) groups is 2. The van der Waals surface area contributed by atoms with Crippen LogP contribution in [0.4, 0.5) is 4.79 Å². The largest absolute Gasteiger partial charge is 0.459 e. The smallest absolute Gasteiger partial charge is 0.410 e. The maximum absolute atomic E-state index is 12.6. The first-order valence-corrected chi connectivity index (χ1v) is 9.97. The second-order valence-corrected chi connectivity index (χ2v) is 8.69. The minimum Gasteiger partial charge on any atom is -0.459 e. The van der Waals surface area contributed by atoms with Crippen molar-refractivity contribution in [3.63, 3.8) is 0 Å². The Balaban J connectivity index is 1.37. The summed E-state index contributed by atoms with van der Waals surface area (Å²) < 4.78 is 13.1. The molecule has 2 bridgehead atoms. The standard InChI is InChI=1S/C21H26N4O4/c1-21(2,3)29-20(27)25-16-8-9-17(25)11-18(10-16)28-19(26)14-4-6-15(7-5-14)24-12-22-23-13-24/h4-7,12-13,16-18H,8-11H2,1-3H3/t16-,17+,18?. The lowest BCUT2D eigenvalue weighted by Gasteiger charge is -2.39. The van der Waals surface area contributed by atoms with Crippen LogP contribution < -0.4 is 0 Å². The Kier molecular flexibility index (Phi) is 5.02. The molecule has 29 heavy (non-hydrogen) atoms. The number of piperidine rings is 1. The van der Waals surface area contributed by atoms with E-state index in [-0.39, 0.29) is 30.3 Å². The van der Waals surface area contributed by atoms with E-state index in [1.807, 2.05) is 37.8 Å². The van der Waals surface area contributed by atoms with Crippen molar-refractivity contribution in [3.05, 3.63) is 42.5 Å². The van der Waals surface area contributed by atoms with Gasteiger partial charge in [-0.2, -0.15) is 0 Å². The lowest BCUT2D eigenvalue weighted by molar-refractivity contribution is -0.0226. The third-order valence-electron chi connectivity index (χ3n) is 5.39. The van der Waals surface area contributed by atoms with E-state index in [0.29, 0.717) is 18.4 Å². The molecule has 3 atom stereocenters. The van der Waals surface area contributed by atoms with Gasteiger partial charge in [-0.05, 0) is 57.9 Å². The number of hydrogen-bond acceptors (Lipinski definition) is 6. The van der Waals surface area contributed by atoms with Gasteiger partial charge in [-0.1, -0.05) is 0 Å². The van der Waals surface area contributed by atoms with Crippen molar-refractivity contribution in [3.8, 4) is 5.69 Å². The molecule has 2 aromatic rings. The SMILES string of the molecule is CC(C)(C)OC(=O)N1[C@@H]2CC[C@H]1CC(OC(=O)c1ccc(-n3cnnc3)cc1)C2. The van der Waals surface area contributed by atoms with Gasteiger partial charge in [-0.15, -0.1) is 10.2 Å². The van der Waals surface area contributed by atoms with E-state index in [2.05, 4.69) is 10.2 Å². The molecule has 2 saturated heterocycles. The predicted octanol–water partition coefficient (Wildman–Crippen LogP) is 3.35. The minimum absolute atomic E-state index is 0.0671. The summed E-state index contributed by atoms with van der Waals surface area (Å²) in [7, 11) is 0. The topological polar surface area (TPSA) is 86.5 Å². The van der Waals surface area contributed by atoms with E-state index in [9.17, 15) is 9.59 Å². The van der Waals surface area contributed by atoms with Crippen LogP contribution in [0.5, 0.6) is 0 Å². The first-order chi connectivity index (χ1) is 13.8. The number of ether oxygens (including phenoxy) is 2. The molecule has 0 radical (unpaired) electrons. The summed E-state index contributed by atoms with van der Waals surface area (Å²) >= 11 is 0. The quantitative estimate of drug-likeness (QED) is 0.737. The van der Waals surface area contributed by atoms with Crippen molar-refractivity contribution < 1.29 is 19.1 Å². The fraction of sp³-hybridized carbons (Fsp3) is 0.524. The lowest BCUT2D eigenvalue weighted by Crippen LogP contribution is -2.50. The Morgan fingerprint density at radius 2 is 1.59 bits per heavy atom. The van der Waals surface area contributed by atoms with Gasteiger partial charge in [-0.3, -0.25) is 4.57 Å². The normalized spacial score (nSPS) is 23.7. The molecule has 2 aliphatic rings. The number of fused-ring (bicyclic) bond motifs is 2. The van der Waals surface area contributed by atoms with E-state index >= 15 is 0 Å². The molecule has 8 heteroatoms. The number of amides is 1. The Hall–Kier alpha value is -2.90. The molecule has 0 N–H and O–H groups in total. The second-order valence-electron chi connectivity index (χ2n) is 8.69. The molecule has 2 fully saturated rings. The van der Waals surface area contributed by atoms with Crippen LogP contribution in [-0.2, 0) is 9.47 Å². The third-order valence-corrected chi connectivity index (χ3v) is 5.39. The van der Waals surface area contributed by atoms with Gasteiger partial charge in [0.15, 0.2) is 0 Å². The fourth-order valence-electron chi connectivity index (χ4n) is 4.16. The Bertz CT molecular complexity index is 859. The lowest BCUT2D eigenvalue weighted by atomic mass is 10.00. The van der Waals surface area contributed by atoms with Crippen LogP contribution in [0.3, 0.4) is 0 Å². The van der Waals surface area contributed by atoms with Crippen LogP contribution in [0.25, 0.3) is 5.69 Å². The molecule has 1 aromatic carbocycles. The van der Waals surface area contributed by atoms with Gasteiger partial charge < -0.3 is 14.4 Å². The number of esters is 1. The average Bonchev–Trinajstić information content (AvgIpc) is 3.27. The molecule has 1 unspecified atom stereocenters.